The number of alkyl halides is 3. The third-order valence-corrected chi connectivity index (χ3v) is 3.37. The van der Waals surface area contributed by atoms with E-state index >= 15 is 0 Å². The van der Waals surface area contributed by atoms with Gasteiger partial charge in [0.25, 0.3) is 0 Å². The van der Waals surface area contributed by atoms with Crippen LogP contribution in [0, 0.1) is 11.6 Å². The summed E-state index contributed by atoms with van der Waals surface area (Å²) in [5, 5.41) is 10.5. The summed E-state index contributed by atoms with van der Waals surface area (Å²) < 4.78 is 67.4. The molecule has 0 aliphatic heterocycles. The van der Waals surface area contributed by atoms with Gasteiger partial charge in [0.2, 0.25) is 0 Å². The first kappa shape index (κ1) is 16.0. The van der Waals surface area contributed by atoms with E-state index in [4.69, 9.17) is 0 Å². The van der Waals surface area contributed by atoms with Crippen LogP contribution in [0.5, 0.6) is 0 Å². The average Bonchev–Trinajstić information content (AvgIpc) is 2.97. The third kappa shape index (κ3) is 2.97. The summed E-state index contributed by atoms with van der Waals surface area (Å²) in [4.78, 5) is 0. The summed E-state index contributed by atoms with van der Waals surface area (Å²) in [5.41, 5.74) is -1.16. The Morgan fingerprint density at radius 1 is 0.958 bits per heavy atom. The van der Waals surface area contributed by atoms with E-state index in [2.05, 4.69) is 15.5 Å². The molecule has 9 heteroatoms. The number of tetrazole rings is 1. The molecule has 2 aromatic carbocycles. The molecule has 1 heterocycles. The molecule has 4 nitrogen and oxygen atoms in total. The maximum Gasteiger partial charge on any atom is 0.416 e. The largest absolute Gasteiger partial charge is 0.416 e. The molecular weight excluding hydrogens is 331 g/mol. The minimum absolute atomic E-state index is 0.0876. The van der Waals surface area contributed by atoms with E-state index in [-0.39, 0.29) is 23.5 Å². The van der Waals surface area contributed by atoms with E-state index in [0.29, 0.717) is 0 Å². The molecule has 3 rings (SSSR count). The normalized spacial score (nSPS) is 11.7. The van der Waals surface area contributed by atoms with Gasteiger partial charge >= 0.3 is 6.18 Å². The van der Waals surface area contributed by atoms with Crippen LogP contribution in [0.3, 0.4) is 0 Å². The van der Waals surface area contributed by atoms with Gasteiger partial charge in [-0.05, 0) is 34.2 Å². The van der Waals surface area contributed by atoms with Crippen molar-refractivity contribution in [2.75, 3.05) is 0 Å². The zero-order chi connectivity index (χ0) is 17.3. The summed E-state index contributed by atoms with van der Waals surface area (Å²) in [6.45, 7) is -0.339. The molecule has 0 amide bonds. The van der Waals surface area contributed by atoms with E-state index < -0.39 is 23.4 Å². The number of aromatic nitrogens is 4. The Morgan fingerprint density at radius 3 is 2.46 bits per heavy atom. The van der Waals surface area contributed by atoms with Crippen molar-refractivity contribution in [1.82, 2.24) is 20.2 Å². The maximum atomic E-state index is 13.9. The van der Waals surface area contributed by atoms with Crippen molar-refractivity contribution in [3.63, 3.8) is 0 Å². The van der Waals surface area contributed by atoms with Gasteiger partial charge in [0.15, 0.2) is 17.5 Å². The van der Waals surface area contributed by atoms with E-state index in [9.17, 15) is 22.0 Å². The molecule has 0 aliphatic carbocycles. The van der Waals surface area contributed by atoms with Crippen molar-refractivity contribution in [2.24, 2.45) is 0 Å². The predicted octanol–water partition coefficient (Wildman–Crippen LogP) is 3.69. The molecule has 124 valence electrons. The highest BCUT2D eigenvalue weighted by Gasteiger charge is 2.33. The predicted molar refractivity (Wildman–Crippen MR) is 73.7 cm³/mol. The third-order valence-electron chi connectivity index (χ3n) is 3.37. The fraction of sp³-hybridized carbons (Fsp3) is 0.133. The summed E-state index contributed by atoms with van der Waals surface area (Å²) in [6, 6.07) is 8.34. The number of hydrogen-bond donors (Lipinski definition) is 0. The second-order valence-electron chi connectivity index (χ2n) is 4.92. The molecule has 0 saturated heterocycles. The highest BCUT2D eigenvalue weighted by Crippen LogP contribution is 2.32. The fourth-order valence-electron chi connectivity index (χ4n) is 2.28. The van der Waals surface area contributed by atoms with Crippen molar-refractivity contribution >= 4 is 0 Å². The Hall–Kier alpha value is -2.84. The van der Waals surface area contributed by atoms with Crippen LogP contribution in [0.4, 0.5) is 22.0 Å². The van der Waals surface area contributed by atoms with Crippen LogP contribution in [0.1, 0.15) is 11.1 Å². The molecule has 24 heavy (non-hydrogen) atoms. The van der Waals surface area contributed by atoms with Gasteiger partial charge in [0.05, 0.1) is 17.7 Å². The van der Waals surface area contributed by atoms with E-state index in [1.54, 1.807) is 0 Å². The van der Waals surface area contributed by atoms with Gasteiger partial charge in [-0.25, -0.2) is 13.5 Å². The zero-order valence-electron chi connectivity index (χ0n) is 11.9. The Balaban J connectivity index is 2.03. The van der Waals surface area contributed by atoms with E-state index in [0.717, 1.165) is 16.8 Å². The second kappa shape index (κ2) is 5.99. The lowest BCUT2D eigenvalue weighted by molar-refractivity contribution is -0.138. The lowest BCUT2D eigenvalue weighted by Gasteiger charge is -2.13. The zero-order valence-corrected chi connectivity index (χ0v) is 11.9. The van der Waals surface area contributed by atoms with Gasteiger partial charge in [-0.1, -0.05) is 24.3 Å². The van der Waals surface area contributed by atoms with Gasteiger partial charge in [0.1, 0.15) is 0 Å². The Labute approximate surface area is 132 Å². The molecular formula is C15H9F5N4. The minimum Gasteiger partial charge on any atom is -0.221 e. The van der Waals surface area contributed by atoms with Crippen molar-refractivity contribution in [1.29, 1.82) is 0 Å². The first-order valence-corrected chi connectivity index (χ1v) is 6.73. The lowest BCUT2D eigenvalue weighted by atomic mass is 10.1. The standard InChI is InChI=1S/C15H9F5N4/c16-12-7-3-5-10(13(12)17)14-21-22-23-24(14)8-9-4-1-2-6-11(9)15(18,19)20/h1-7H,8H2. The molecule has 3 aromatic rings. The number of hydrogen-bond acceptors (Lipinski definition) is 3. The van der Waals surface area contributed by atoms with Crippen LogP contribution in [0.15, 0.2) is 42.5 Å². The number of nitrogens with zero attached hydrogens (tertiary/aromatic N) is 4. The summed E-state index contributed by atoms with van der Waals surface area (Å²) in [6.07, 6.45) is -4.55. The molecule has 0 saturated carbocycles. The Bertz CT molecular complexity index is 872. The van der Waals surface area contributed by atoms with Crippen LogP contribution in [-0.2, 0) is 12.7 Å². The van der Waals surface area contributed by atoms with Crippen molar-refractivity contribution < 1.29 is 22.0 Å². The first-order chi connectivity index (χ1) is 11.4. The number of halogens is 5. The molecule has 0 spiro atoms. The SMILES string of the molecule is Fc1cccc(-c2nnnn2Cc2ccccc2C(F)(F)F)c1F. The molecule has 0 radical (unpaired) electrons. The summed E-state index contributed by atoms with van der Waals surface area (Å²) >= 11 is 0. The fourth-order valence-corrected chi connectivity index (χ4v) is 2.28. The summed E-state index contributed by atoms with van der Waals surface area (Å²) in [5.74, 6) is -2.43. The Kier molecular flexibility index (Phi) is 4.00. The molecule has 0 unspecified atom stereocenters. The second-order valence-corrected chi connectivity index (χ2v) is 4.92. The molecule has 0 N–H and O–H groups in total. The highest BCUT2D eigenvalue weighted by atomic mass is 19.4. The van der Waals surface area contributed by atoms with Gasteiger partial charge in [0, 0.05) is 0 Å². The monoisotopic (exact) mass is 340 g/mol. The van der Waals surface area contributed by atoms with E-state index in [1.807, 2.05) is 0 Å². The molecule has 0 fully saturated rings. The quantitative estimate of drug-likeness (QED) is 0.683. The average molecular weight is 340 g/mol. The highest BCUT2D eigenvalue weighted by molar-refractivity contribution is 5.55. The van der Waals surface area contributed by atoms with Crippen LogP contribution in [0.25, 0.3) is 11.4 Å². The molecule has 1 aromatic heterocycles. The minimum atomic E-state index is -4.55. The molecule has 0 atom stereocenters. The smallest absolute Gasteiger partial charge is 0.221 e. The van der Waals surface area contributed by atoms with E-state index in [1.165, 1.54) is 30.3 Å². The van der Waals surface area contributed by atoms with Crippen LogP contribution in [-0.4, -0.2) is 20.2 Å². The van der Waals surface area contributed by atoms with Crippen LogP contribution in [0.2, 0.25) is 0 Å². The van der Waals surface area contributed by atoms with Gasteiger partial charge in [-0.15, -0.1) is 5.10 Å². The molecule has 0 bridgehead atoms. The Morgan fingerprint density at radius 2 is 1.71 bits per heavy atom. The lowest BCUT2D eigenvalue weighted by Crippen LogP contribution is -2.13. The van der Waals surface area contributed by atoms with Crippen molar-refractivity contribution in [2.45, 2.75) is 12.7 Å². The van der Waals surface area contributed by atoms with Crippen LogP contribution >= 0.6 is 0 Å². The number of rotatable bonds is 3. The van der Waals surface area contributed by atoms with Gasteiger partial charge < -0.3 is 0 Å². The number of benzene rings is 2. The maximum absolute atomic E-state index is 13.9. The van der Waals surface area contributed by atoms with Crippen LogP contribution < -0.4 is 0 Å². The summed E-state index contributed by atoms with van der Waals surface area (Å²) in [7, 11) is 0. The van der Waals surface area contributed by atoms with Crippen molar-refractivity contribution in [3.05, 3.63) is 65.2 Å². The van der Waals surface area contributed by atoms with Crippen molar-refractivity contribution in [3.8, 4) is 11.4 Å². The first-order valence-electron chi connectivity index (χ1n) is 6.73. The van der Waals surface area contributed by atoms with Gasteiger partial charge in [-0.3, -0.25) is 0 Å². The molecule has 0 aliphatic rings. The van der Waals surface area contributed by atoms with Gasteiger partial charge in [-0.2, -0.15) is 13.2 Å². The topological polar surface area (TPSA) is 43.6 Å².